The predicted octanol–water partition coefficient (Wildman–Crippen LogP) is 6.45. The second-order valence-corrected chi connectivity index (χ2v) is 10.6. The highest BCUT2D eigenvalue weighted by atomic mass is 16.3. The van der Waals surface area contributed by atoms with Crippen molar-refractivity contribution in [2.45, 2.75) is 51.6 Å². The summed E-state index contributed by atoms with van der Waals surface area (Å²) in [6.45, 7) is 7.58. The van der Waals surface area contributed by atoms with Crippen LogP contribution in [0.2, 0.25) is 0 Å². The highest BCUT2D eigenvalue weighted by Gasteiger charge is 2.65. The van der Waals surface area contributed by atoms with E-state index in [9.17, 15) is 19.8 Å². The molecule has 2 aromatic carbocycles. The number of carbonyl (C=O) groups excluding carboxylic acids is 2. The number of benzene rings is 2. The molecule has 0 amide bonds. The first-order chi connectivity index (χ1) is 18.1. The minimum Gasteiger partial charge on any atom is -0.504 e. The van der Waals surface area contributed by atoms with Crippen LogP contribution in [-0.2, 0) is 15.0 Å². The van der Waals surface area contributed by atoms with Gasteiger partial charge in [-0.15, -0.1) is 0 Å². The number of hydrogen-bond acceptors (Lipinski definition) is 4. The topological polar surface area (TPSA) is 106 Å². The van der Waals surface area contributed by atoms with Crippen LogP contribution in [0, 0.1) is 0 Å². The number of aliphatic hydroxyl groups is 2. The molecule has 38 heavy (non-hydrogen) atoms. The number of para-hydroxylation sites is 2. The lowest BCUT2D eigenvalue weighted by molar-refractivity contribution is -0.151. The summed E-state index contributed by atoms with van der Waals surface area (Å²) in [6, 6.07) is 14.8. The lowest BCUT2D eigenvalue weighted by Crippen LogP contribution is -2.64. The van der Waals surface area contributed by atoms with E-state index in [-0.39, 0.29) is 18.4 Å². The van der Waals surface area contributed by atoms with E-state index in [1.807, 2.05) is 82.3 Å². The first-order valence-electron chi connectivity index (χ1n) is 12.8. The molecule has 0 saturated heterocycles. The molecule has 0 saturated carbocycles. The molecule has 0 radical (unpaired) electrons. The summed E-state index contributed by atoms with van der Waals surface area (Å²) in [4.78, 5) is 35.4. The van der Waals surface area contributed by atoms with Gasteiger partial charge in [-0.2, -0.15) is 0 Å². The number of fused-ring (bicyclic) bond motifs is 2. The Morgan fingerprint density at radius 1 is 0.789 bits per heavy atom. The molecule has 2 atom stereocenters. The Morgan fingerprint density at radius 2 is 1.34 bits per heavy atom. The van der Waals surface area contributed by atoms with E-state index in [1.165, 1.54) is 0 Å². The zero-order chi connectivity index (χ0) is 27.2. The quantitative estimate of drug-likeness (QED) is 0.225. The maximum absolute atomic E-state index is 14.6. The molecular formula is C32H32N2O4. The fourth-order valence-electron chi connectivity index (χ4n) is 5.66. The molecule has 6 heteroatoms. The van der Waals surface area contributed by atoms with Crippen LogP contribution in [-0.4, -0.2) is 37.3 Å². The molecule has 4 N–H and O–H groups in total. The van der Waals surface area contributed by atoms with Crippen molar-refractivity contribution < 1.29 is 19.8 Å². The monoisotopic (exact) mass is 508 g/mol. The van der Waals surface area contributed by atoms with Crippen molar-refractivity contribution in [3.8, 4) is 0 Å². The van der Waals surface area contributed by atoms with Gasteiger partial charge < -0.3 is 20.2 Å². The van der Waals surface area contributed by atoms with Gasteiger partial charge in [-0.25, -0.2) is 0 Å². The number of allylic oxidation sites excluding steroid dienone is 4. The Labute approximate surface area is 221 Å². The van der Waals surface area contributed by atoms with Crippen LogP contribution in [0.1, 0.15) is 51.7 Å². The number of aromatic amines is 2. The molecule has 1 aliphatic rings. The summed E-state index contributed by atoms with van der Waals surface area (Å²) in [7, 11) is 0. The number of rotatable bonds is 6. The summed E-state index contributed by atoms with van der Waals surface area (Å²) in [6.07, 6.45) is 6.88. The Balaban J connectivity index is 1.88. The minimum absolute atomic E-state index is 0.0417. The van der Waals surface area contributed by atoms with Gasteiger partial charge in [0, 0.05) is 46.2 Å². The number of aromatic nitrogens is 2. The summed E-state index contributed by atoms with van der Waals surface area (Å²) in [5, 5.41) is 25.6. The normalized spacial score (nSPS) is 21.8. The zero-order valence-corrected chi connectivity index (χ0v) is 22.1. The maximum atomic E-state index is 14.6. The fraction of sp³-hybridized carbons (Fsp3) is 0.250. The van der Waals surface area contributed by atoms with E-state index < -0.39 is 28.3 Å². The lowest BCUT2D eigenvalue weighted by atomic mass is 9.55. The summed E-state index contributed by atoms with van der Waals surface area (Å²) >= 11 is 0. The maximum Gasteiger partial charge on any atom is 0.212 e. The van der Waals surface area contributed by atoms with Crippen molar-refractivity contribution in [2.24, 2.45) is 0 Å². The molecule has 0 bridgehead atoms. The minimum atomic E-state index is -2.17. The summed E-state index contributed by atoms with van der Waals surface area (Å²) in [5.74, 6) is -1.98. The van der Waals surface area contributed by atoms with Gasteiger partial charge in [0.05, 0.1) is 5.57 Å². The lowest BCUT2D eigenvalue weighted by Gasteiger charge is -2.47. The number of nitrogens with one attached hydrogen (secondary N) is 2. The van der Waals surface area contributed by atoms with Gasteiger partial charge in [0.25, 0.3) is 0 Å². The number of hydrogen-bond donors (Lipinski definition) is 4. The van der Waals surface area contributed by atoms with Crippen molar-refractivity contribution in [1.29, 1.82) is 0 Å². The molecular weight excluding hydrogens is 476 g/mol. The van der Waals surface area contributed by atoms with Crippen molar-refractivity contribution in [2.75, 3.05) is 0 Å². The second-order valence-electron chi connectivity index (χ2n) is 10.6. The molecule has 4 aromatic rings. The molecule has 194 valence electrons. The Kier molecular flexibility index (Phi) is 6.24. The third-order valence-corrected chi connectivity index (χ3v) is 7.68. The van der Waals surface area contributed by atoms with E-state index >= 15 is 0 Å². The van der Waals surface area contributed by atoms with Crippen molar-refractivity contribution in [3.63, 3.8) is 0 Å². The van der Waals surface area contributed by atoms with Gasteiger partial charge >= 0.3 is 0 Å². The second kappa shape index (κ2) is 9.30. The highest BCUT2D eigenvalue weighted by molar-refractivity contribution is 6.37. The molecule has 1 aliphatic carbocycles. The predicted molar refractivity (Wildman–Crippen MR) is 151 cm³/mol. The molecule has 2 heterocycles. The van der Waals surface area contributed by atoms with E-state index in [4.69, 9.17) is 0 Å². The molecule has 0 spiro atoms. The number of ketones is 2. The van der Waals surface area contributed by atoms with Crippen LogP contribution in [0.3, 0.4) is 0 Å². The standard InChI is InChI=1S/C32H32N2O4/c1-19(2)13-15-31(24-18-34-26-12-8-6-10-22(24)26)30(37)28(35)27(29(36)32(31,38)16-14-20(3)4)23-17-33-25-11-7-5-9-21(23)25/h5-14,17-18,33-35,38H,15-16H2,1-4H3. The smallest absolute Gasteiger partial charge is 0.212 e. The number of aliphatic hydroxyl groups excluding tert-OH is 1. The van der Waals surface area contributed by atoms with Gasteiger partial charge in [0.15, 0.2) is 5.76 Å². The number of Topliss-reactive ketones (excluding diaryl/α,β-unsaturated/α-hetero) is 2. The first-order valence-corrected chi connectivity index (χ1v) is 12.8. The molecule has 0 fully saturated rings. The SMILES string of the molecule is CC(C)=CCC1(O)C(=O)C(c2c[nH]c3ccccc23)=C(O)C(=O)C1(CC=C(C)C)c1c[nH]c2ccccc12. The fourth-order valence-corrected chi connectivity index (χ4v) is 5.66. The largest absolute Gasteiger partial charge is 0.504 e. The summed E-state index contributed by atoms with van der Waals surface area (Å²) < 4.78 is 0. The average molecular weight is 509 g/mol. The van der Waals surface area contributed by atoms with Gasteiger partial charge in [-0.1, -0.05) is 59.7 Å². The molecule has 2 unspecified atom stereocenters. The van der Waals surface area contributed by atoms with Crippen LogP contribution < -0.4 is 0 Å². The van der Waals surface area contributed by atoms with Crippen molar-refractivity contribution in [3.05, 3.63) is 101 Å². The Hall–Kier alpha value is -4.16. The molecule has 2 aromatic heterocycles. The molecule has 5 rings (SSSR count). The van der Waals surface area contributed by atoms with Crippen LogP contribution in [0.5, 0.6) is 0 Å². The average Bonchev–Trinajstić information content (AvgIpc) is 3.52. The van der Waals surface area contributed by atoms with E-state index in [2.05, 4.69) is 9.97 Å². The number of H-pyrrole nitrogens is 2. The van der Waals surface area contributed by atoms with Gasteiger partial charge in [0.2, 0.25) is 11.6 Å². The van der Waals surface area contributed by atoms with Crippen LogP contribution in [0.4, 0.5) is 0 Å². The highest BCUT2D eigenvalue weighted by Crippen LogP contribution is 2.52. The van der Waals surface area contributed by atoms with Crippen LogP contribution in [0.25, 0.3) is 27.4 Å². The van der Waals surface area contributed by atoms with Gasteiger partial charge in [0.1, 0.15) is 11.0 Å². The molecule has 6 nitrogen and oxygen atoms in total. The Bertz CT molecular complexity index is 1670. The summed E-state index contributed by atoms with van der Waals surface area (Å²) in [5.41, 5.74) is 0.152. The van der Waals surface area contributed by atoms with E-state index in [1.54, 1.807) is 18.5 Å². The van der Waals surface area contributed by atoms with Crippen molar-refractivity contribution in [1.82, 2.24) is 9.97 Å². The van der Waals surface area contributed by atoms with E-state index in [0.29, 0.717) is 16.5 Å². The Morgan fingerprint density at radius 3 is 2.00 bits per heavy atom. The third kappa shape index (κ3) is 3.67. The first kappa shape index (κ1) is 25.5. The van der Waals surface area contributed by atoms with Gasteiger partial charge in [-0.05, 0) is 51.8 Å². The third-order valence-electron chi connectivity index (χ3n) is 7.68. The van der Waals surface area contributed by atoms with Crippen LogP contribution >= 0.6 is 0 Å². The van der Waals surface area contributed by atoms with Crippen LogP contribution in [0.15, 0.2) is 90.0 Å². The molecule has 0 aliphatic heterocycles. The number of carbonyl (C=O) groups is 2. The van der Waals surface area contributed by atoms with E-state index in [0.717, 1.165) is 27.6 Å². The van der Waals surface area contributed by atoms with Gasteiger partial charge in [-0.3, -0.25) is 9.59 Å². The van der Waals surface area contributed by atoms with Crippen molar-refractivity contribution >= 4 is 38.9 Å². The zero-order valence-electron chi connectivity index (χ0n) is 22.1.